The Morgan fingerprint density at radius 1 is 1.58 bits per heavy atom. The van der Waals surface area contributed by atoms with Gasteiger partial charge in [-0.3, -0.25) is 4.98 Å². The van der Waals surface area contributed by atoms with Gasteiger partial charge < -0.3 is 10.1 Å². The molecular formula is C9H12N2O. The maximum atomic E-state index is 5.56. The maximum absolute atomic E-state index is 5.56. The van der Waals surface area contributed by atoms with E-state index >= 15 is 0 Å². The van der Waals surface area contributed by atoms with Gasteiger partial charge in [0.25, 0.3) is 0 Å². The van der Waals surface area contributed by atoms with Gasteiger partial charge in [0.2, 0.25) is 0 Å². The lowest BCUT2D eigenvalue weighted by molar-refractivity contribution is 0.0275. The monoisotopic (exact) mass is 164 g/mol. The van der Waals surface area contributed by atoms with Crippen molar-refractivity contribution >= 4 is 0 Å². The number of rotatable bonds is 1. The second kappa shape index (κ2) is 3.65. The molecule has 0 aromatic carbocycles. The highest BCUT2D eigenvalue weighted by atomic mass is 16.5. The van der Waals surface area contributed by atoms with Crippen LogP contribution in [-0.4, -0.2) is 24.7 Å². The molecule has 1 atom stereocenters. The van der Waals surface area contributed by atoms with E-state index in [-0.39, 0.29) is 6.10 Å². The third-order valence-electron chi connectivity index (χ3n) is 1.98. The first-order chi connectivity index (χ1) is 5.97. The Labute approximate surface area is 71.8 Å². The van der Waals surface area contributed by atoms with Gasteiger partial charge in [-0.1, -0.05) is 6.07 Å². The third-order valence-corrected chi connectivity index (χ3v) is 1.98. The standard InChI is InChI=1S/C9H12N2O/c1-2-8(6-10-3-1)9-7-11-4-5-12-9/h1-3,6,9,11H,4-5,7H2/t9-/m1/s1. The van der Waals surface area contributed by atoms with Gasteiger partial charge in [0.15, 0.2) is 0 Å². The van der Waals surface area contributed by atoms with Crippen molar-refractivity contribution in [3.63, 3.8) is 0 Å². The molecule has 0 spiro atoms. The highest BCUT2D eigenvalue weighted by molar-refractivity contribution is 5.12. The Balaban J connectivity index is 2.08. The van der Waals surface area contributed by atoms with Crippen LogP contribution in [0, 0.1) is 0 Å². The van der Waals surface area contributed by atoms with Crippen LogP contribution in [-0.2, 0) is 4.74 Å². The molecule has 1 N–H and O–H groups in total. The molecule has 0 saturated carbocycles. The van der Waals surface area contributed by atoms with Crippen LogP contribution < -0.4 is 5.32 Å². The molecule has 0 unspecified atom stereocenters. The number of pyridine rings is 1. The summed E-state index contributed by atoms with van der Waals surface area (Å²) in [5.74, 6) is 0. The second-order valence-electron chi connectivity index (χ2n) is 2.85. The molecule has 0 aliphatic carbocycles. The highest BCUT2D eigenvalue weighted by Gasteiger charge is 2.14. The van der Waals surface area contributed by atoms with E-state index in [1.807, 2.05) is 18.3 Å². The molecule has 0 bridgehead atoms. The molecule has 1 aromatic rings. The van der Waals surface area contributed by atoms with Gasteiger partial charge in [0, 0.05) is 31.0 Å². The van der Waals surface area contributed by atoms with Crippen LogP contribution in [0.1, 0.15) is 11.7 Å². The van der Waals surface area contributed by atoms with E-state index < -0.39 is 0 Å². The first-order valence-electron chi connectivity index (χ1n) is 4.19. The third kappa shape index (κ3) is 1.62. The zero-order valence-electron chi connectivity index (χ0n) is 6.86. The Morgan fingerprint density at radius 3 is 3.25 bits per heavy atom. The predicted molar refractivity (Wildman–Crippen MR) is 45.8 cm³/mol. The first kappa shape index (κ1) is 7.71. The summed E-state index contributed by atoms with van der Waals surface area (Å²) in [6, 6.07) is 3.98. The van der Waals surface area contributed by atoms with Crippen molar-refractivity contribution in [2.45, 2.75) is 6.10 Å². The topological polar surface area (TPSA) is 34.2 Å². The molecular weight excluding hydrogens is 152 g/mol. The molecule has 64 valence electrons. The molecule has 2 rings (SSSR count). The number of hydrogen-bond acceptors (Lipinski definition) is 3. The summed E-state index contributed by atoms with van der Waals surface area (Å²) >= 11 is 0. The van der Waals surface area contributed by atoms with Crippen LogP contribution in [0.25, 0.3) is 0 Å². The molecule has 1 aliphatic rings. The summed E-state index contributed by atoms with van der Waals surface area (Å²) in [6.07, 6.45) is 3.82. The van der Waals surface area contributed by atoms with Crippen LogP contribution >= 0.6 is 0 Å². The van der Waals surface area contributed by atoms with E-state index in [0.717, 1.165) is 25.3 Å². The van der Waals surface area contributed by atoms with Gasteiger partial charge in [-0.05, 0) is 6.07 Å². The first-order valence-corrected chi connectivity index (χ1v) is 4.19. The van der Waals surface area contributed by atoms with Crippen molar-refractivity contribution in [1.29, 1.82) is 0 Å². The van der Waals surface area contributed by atoms with E-state index in [4.69, 9.17) is 4.74 Å². The van der Waals surface area contributed by atoms with Gasteiger partial charge in [-0.25, -0.2) is 0 Å². The van der Waals surface area contributed by atoms with E-state index in [2.05, 4.69) is 10.3 Å². The molecule has 1 saturated heterocycles. The fraction of sp³-hybridized carbons (Fsp3) is 0.444. The maximum Gasteiger partial charge on any atom is 0.0964 e. The number of nitrogens with zero attached hydrogens (tertiary/aromatic N) is 1. The summed E-state index contributed by atoms with van der Waals surface area (Å²) in [7, 11) is 0. The van der Waals surface area contributed by atoms with Crippen LogP contribution in [0.4, 0.5) is 0 Å². The molecule has 2 heterocycles. The molecule has 1 fully saturated rings. The normalized spacial score (nSPS) is 23.8. The lowest BCUT2D eigenvalue weighted by atomic mass is 10.1. The van der Waals surface area contributed by atoms with Crippen molar-refractivity contribution < 1.29 is 4.74 Å². The molecule has 12 heavy (non-hydrogen) atoms. The summed E-state index contributed by atoms with van der Waals surface area (Å²) in [5.41, 5.74) is 1.16. The van der Waals surface area contributed by atoms with Crippen molar-refractivity contribution in [3.8, 4) is 0 Å². The minimum absolute atomic E-state index is 0.187. The quantitative estimate of drug-likeness (QED) is 0.664. The van der Waals surface area contributed by atoms with Crippen LogP contribution in [0.3, 0.4) is 0 Å². The summed E-state index contributed by atoms with van der Waals surface area (Å²) < 4.78 is 5.56. The van der Waals surface area contributed by atoms with Gasteiger partial charge in [0.1, 0.15) is 0 Å². The predicted octanol–water partition coefficient (Wildman–Crippen LogP) is 0.742. The van der Waals surface area contributed by atoms with Crippen LogP contribution in [0.15, 0.2) is 24.5 Å². The number of aromatic nitrogens is 1. The lowest BCUT2D eigenvalue weighted by Crippen LogP contribution is -2.33. The number of morpholine rings is 1. The Hall–Kier alpha value is -0.930. The fourth-order valence-electron chi connectivity index (χ4n) is 1.35. The number of nitrogens with one attached hydrogen (secondary N) is 1. The molecule has 0 amide bonds. The zero-order valence-corrected chi connectivity index (χ0v) is 6.86. The Bertz CT molecular complexity index is 232. The number of ether oxygens (including phenoxy) is 1. The molecule has 3 nitrogen and oxygen atoms in total. The minimum atomic E-state index is 0.187. The van der Waals surface area contributed by atoms with Crippen molar-refractivity contribution in [3.05, 3.63) is 30.1 Å². The molecule has 1 aromatic heterocycles. The molecule has 3 heteroatoms. The van der Waals surface area contributed by atoms with Crippen LogP contribution in [0.2, 0.25) is 0 Å². The van der Waals surface area contributed by atoms with Crippen molar-refractivity contribution in [1.82, 2.24) is 10.3 Å². The van der Waals surface area contributed by atoms with Gasteiger partial charge in [0.05, 0.1) is 12.7 Å². The number of hydrogen-bond donors (Lipinski definition) is 1. The average Bonchev–Trinajstić information content (AvgIpc) is 2.21. The van der Waals surface area contributed by atoms with E-state index in [1.165, 1.54) is 0 Å². The average molecular weight is 164 g/mol. The zero-order chi connectivity index (χ0) is 8.23. The van der Waals surface area contributed by atoms with E-state index in [0.29, 0.717) is 0 Å². The van der Waals surface area contributed by atoms with Gasteiger partial charge in [-0.2, -0.15) is 0 Å². The smallest absolute Gasteiger partial charge is 0.0964 e. The van der Waals surface area contributed by atoms with Gasteiger partial charge >= 0.3 is 0 Å². The van der Waals surface area contributed by atoms with Crippen molar-refractivity contribution in [2.24, 2.45) is 0 Å². The summed E-state index contributed by atoms with van der Waals surface area (Å²) in [4.78, 5) is 4.05. The van der Waals surface area contributed by atoms with E-state index in [1.54, 1.807) is 6.20 Å². The fourth-order valence-corrected chi connectivity index (χ4v) is 1.35. The summed E-state index contributed by atoms with van der Waals surface area (Å²) in [5, 5.41) is 3.28. The van der Waals surface area contributed by atoms with E-state index in [9.17, 15) is 0 Å². The largest absolute Gasteiger partial charge is 0.371 e. The highest BCUT2D eigenvalue weighted by Crippen LogP contribution is 2.16. The van der Waals surface area contributed by atoms with Gasteiger partial charge in [-0.15, -0.1) is 0 Å². The summed E-state index contributed by atoms with van der Waals surface area (Å²) in [6.45, 7) is 2.64. The molecule has 1 aliphatic heterocycles. The Kier molecular flexibility index (Phi) is 2.34. The SMILES string of the molecule is c1cncc([C@H]2CNCCO2)c1. The second-order valence-corrected chi connectivity index (χ2v) is 2.85. The van der Waals surface area contributed by atoms with Crippen molar-refractivity contribution in [2.75, 3.05) is 19.7 Å². The Morgan fingerprint density at radius 2 is 2.58 bits per heavy atom. The lowest BCUT2D eigenvalue weighted by Gasteiger charge is -2.23. The minimum Gasteiger partial charge on any atom is -0.371 e. The molecule has 0 radical (unpaired) electrons. The van der Waals surface area contributed by atoms with Crippen LogP contribution in [0.5, 0.6) is 0 Å².